The van der Waals surface area contributed by atoms with Gasteiger partial charge in [0.05, 0.1) is 15.9 Å². The Bertz CT molecular complexity index is 1390. The molecule has 2 aliphatic rings. The molecule has 0 radical (unpaired) electrons. The maximum atomic E-state index is 13.2. The van der Waals surface area contributed by atoms with Crippen molar-refractivity contribution >= 4 is 55.4 Å². The van der Waals surface area contributed by atoms with Gasteiger partial charge in [0.15, 0.2) is 5.13 Å². The van der Waals surface area contributed by atoms with Crippen LogP contribution in [0, 0.1) is 22.0 Å². The van der Waals surface area contributed by atoms with Crippen molar-refractivity contribution in [3.05, 3.63) is 72.0 Å². The fraction of sp³-hybridized carbons (Fsp3) is 0.364. The number of nitrogens with zero attached hydrogens (tertiary/aromatic N) is 4. The summed E-state index contributed by atoms with van der Waals surface area (Å²) in [5.74, 6) is 0.590. The maximum Gasteiger partial charge on any atom is 0.416 e. The number of aromatic nitrogens is 1. The monoisotopic (exact) mass is 544 g/mol. The fourth-order valence-electron chi connectivity index (χ4n) is 4.84. The molecular weight excluding hydrogens is 528 g/mol. The van der Waals surface area contributed by atoms with Crippen LogP contribution in [0.5, 0.6) is 0 Å². The van der Waals surface area contributed by atoms with E-state index in [1.54, 1.807) is 12.1 Å². The normalized spacial score (nSPS) is 20.5. The molecule has 184 valence electrons. The Labute approximate surface area is 210 Å². The van der Waals surface area contributed by atoms with Crippen molar-refractivity contribution in [3.63, 3.8) is 0 Å². The summed E-state index contributed by atoms with van der Waals surface area (Å²) in [6.07, 6.45) is -4.82. The molecule has 0 N–H and O–H groups in total. The molecule has 7 nitrogen and oxygen atoms in total. The largest absolute Gasteiger partial charge is 0.416 e. The SMILES string of the molecule is O=c1nc(N2CC3CN(Cc4ccc(Cl)cc4Cl)CC3C2)sc2c([N+](=O)[O-])cc(C(F)(F)F)cc12. The Morgan fingerprint density at radius 1 is 1.11 bits per heavy atom. The molecule has 2 aliphatic heterocycles. The number of likely N-dealkylation sites (tertiary alicyclic amines) is 1. The van der Waals surface area contributed by atoms with Gasteiger partial charge in [-0.15, -0.1) is 0 Å². The van der Waals surface area contributed by atoms with E-state index >= 15 is 0 Å². The number of nitro groups is 1. The molecule has 1 aromatic heterocycles. The number of hydrogen-bond donors (Lipinski definition) is 0. The van der Waals surface area contributed by atoms with Gasteiger partial charge in [0.25, 0.3) is 11.2 Å². The molecule has 35 heavy (non-hydrogen) atoms. The lowest BCUT2D eigenvalue weighted by atomic mass is 10.0. The molecule has 5 rings (SSSR count). The first-order valence-electron chi connectivity index (χ1n) is 10.6. The second-order valence-electron chi connectivity index (χ2n) is 8.78. The highest BCUT2D eigenvalue weighted by Gasteiger charge is 2.41. The minimum atomic E-state index is -4.82. The number of non-ortho nitro benzene ring substituents is 1. The molecule has 0 spiro atoms. The van der Waals surface area contributed by atoms with Crippen LogP contribution in [0.25, 0.3) is 10.1 Å². The zero-order chi connectivity index (χ0) is 25.1. The zero-order valence-corrected chi connectivity index (χ0v) is 20.2. The summed E-state index contributed by atoms with van der Waals surface area (Å²) in [5.41, 5.74) is -1.91. The van der Waals surface area contributed by atoms with Gasteiger partial charge >= 0.3 is 6.18 Å². The topological polar surface area (TPSA) is 79.6 Å². The minimum absolute atomic E-state index is 0.103. The van der Waals surface area contributed by atoms with E-state index < -0.39 is 33.3 Å². The third-order valence-corrected chi connectivity index (χ3v) is 8.21. The molecule has 0 amide bonds. The van der Waals surface area contributed by atoms with E-state index in [-0.39, 0.29) is 9.83 Å². The van der Waals surface area contributed by atoms with Crippen molar-refractivity contribution in [1.82, 2.24) is 9.88 Å². The number of rotatable bonds is 4. The second-order valence-corrected chi connectivity index (χ2v) is 10.6. The summed E-state index contributed by atoms with van der Waals surface area (Å²) in [7, 11) is 0. The van der Waals surface area contributed by atoms with Gasteiger partial charge in [-0.2, -0.15) is 18.2 Å². The van der Waals surface area contributed by atoms with E-state index in [0.717, 1.165) is 30.0 Å². The Balaban J connectivity index is 1.37. The van der Waals surface area contributed by atoms with Crippen molar-refractivity contribution in [2.24, 2.45) is 11.8 Å². The van der Waals surface area contributed by atoms with Crippen molar-refractivity contribution in [3.8, 4) is 0 Å². The first-order valence-corrected chi connectivity index (χ1v) is 12.2. The van der Waals surface area contributed by atoms with Gasteiger partial charge in [0.1, 0.15) is 4.70 Å². The number of anilines is 1. The highest BCUT2D eigenvalue weighted by molar-refractivity contribution is 7.22. The fourth-order valence-corrected chi connectivity index (χ4v) is 6.39. The zero-order valence-electron chi connectivity index (χ0n) is 17.9. The van der Waals surface area contributed by atoms with Gasteiger partial charge in [-0.05, 0) is 35.6 Å². The summed E-state index contributed by atoms with van der Waals surface area (Å²) < 4.78 is 39.5. The Morgan fingerprint density at radius 3 is 2.40 bits per heavy atom. The van der Waals surface area contributed by atoms with Gasteiger partial charge < -0.3 is 4.90 Å². The van der Waals surface area contributed by atoms with Crippen molar-refractivity contribution in [1.29, 1.82) is 0 Å². The molecule has 2 fully saturated rings. The summed E-state index contributed by atoms with van der Waals surface area (Å²) in [5, 5.41) is 12.6. The van der Waals surface area contributed by atoms with Crippen LogP contribution in [0.3, 0.4) is 0 Å². The molecule has 3 aromatic rings. The molecule has 0 aliphatic carbocycles. The minimum Gasteiger partial charge on any atom is -0.347 e. The number of benzene rings is 2. The lowest BCUT2D eigenvalue weighted by molar-refractivity contribution is -0.383. The molecule has 2 unspecified atom stereocenters. The van der Waals surface area contributed by atoms with E-state index in [0.29, 0.717) is 53.6 Å². The summed E-state index contributed by atoms with van der Waals surface area (Å²) in [6.45, 7) is 3.48. The van der Waals surface area contributed by atoms with E-state index in [2.05, 4.69) is 9.88 Å². The lowest BCUT2D eigenvalue weighted by Crippen LogP contribution is -2.29. The van der Waals surface area contributed by atoms with Crippen LogP contribution in [-0.2, 0) is 12.7 Å². The molecular formula is C22H17Cl2F3N4O3S. The summed E-state index contributed by atoms with van der Waals surface area (Å²) in [4.78, 5) is 31.4. The van der Waals surface area contributed by atoms with Crippen LogP contribution in [0.15, 0.2) is 35.1 Å². The lowest BCUT2D eigenvalue weighted by Gasteiger charge is -2.22. The predicted molar refractivity (Wildman–Crippen MR) is 128 cm³/mol. The molecule has 3 heterocycles. The van der Waals surface area contributed by atoms with Gasteiger partial charge in [-0.3, -0.25) is 19.8 Å². The number of halogens is 5. The molecule has 13 heteroatoms. The van der Waals surface area contributed by atoms with E-state index in [9.17, 15) is 28.1 Å². The summed E-state index contributed by atoms with van der Waals surface area (Å²) >= 11 is 13.1. The van der Waals surface area contributed by atoms with Crippen LogP contribution >= 0.6 is 34.5 Å². The average Bonchev–Trinajstić information content (AvgIpc) is 3.33. The van der Waals surface area contributed by atoms with E-state index in [1.807, 2.05) is 11.0 Å². The summed E-state index contributed by atoms with van der Waals surface area (Å²) in [6, 6.07) is 6.52. The number of hydrogen-bond acceptors (Lipinski definition) is 7. The standard InChI is InChI=1S/C22H17Cl2F3N4O3S/c23-15-2-1-11(17(24)5-15)6-29-7-12-9-30(10-13(12)8-29)21-28-20(32)16-3-14(22(25,26)27)4-18(31(33)34)19(16)35-21/h1-5,12-13H,6-10H2. The predicted octanol–water partition coefficient (Wildman–Crippen LogP) is 5.46. The quantitative estimate of drug-likeness (QED) is 0.320. The maximum absolute atomic E-state index is 13.2. The van der Waals surface area contributed by atoms with E-state index in [1.165, 1.54) is 0 Å². The van der Waals surface area contributed by atoms with Crippen LogP contribution in [0.4, 0.5) is 24.0 Å². The van der Waals surface area contributed by atoms with Crippen LogP contribution in [0.2, 0.25) is 10.0 Å². The number of fused-ring (bicyclic) bond motifs is 2. The van der Waals surface area contributed by atoms with Crippen molar-refractivity contribution in [2.45, 2.75) is 12.7 Å². The van der Waals surface area contributed by atoms with Gasteiger partial charge in [-0.25, -0.2) is 0 Å². The first kappa shape index (κ1) is 24.2. The van der Waals surface area contributed by atoms with Crippen LogP contribution < -0.4 is 10.5 Å². The smallest absolute Gasteiger partial charge is 0.347 e. The van der Waals surface area contributed by atoms with Crippen molar-refractivity contribution < 1.29 is 18.1 Å². The van der Waals surface area contributed by atoms with Gasteiger partial charge in [-0.1, -0.05) is 40.6 Å². The molecule has 0 saturated carbocycles. The van der Waals surface area contributed by atoms with Crippen LogP contribution in [-0.4, -0.2) is 41.0 Å². The first-order chi connectivity index (χ1) is 16.5. The third kappa shape index (κ3) is 4.69. The Hall–Kier alpha value is -2.47. The molecule has 2 aromatic carbocycles. The molecule has 2 saturated heterocycles. The third-order valence-electron chi connectivity index (χ3n) is 6.46. The second kappa shape index (κ2) is 8.88. The van der Waals surface area contributed by atoms with Crippen molar-refractivity contribution in [2.75, 3.05) is 31.1 Å². The number of alkyl halides is 3. The Morgan fingerprint density at radius 2 is 1.80 bits per heavy atom. The van der Waals surface area contributed by atoms with Crippen LogP contribution in [0.1, 0.15) is 11.1 Å². The highest BCUT2D eigenvalue weighted by atomic mass is 35.5. The Kier molecular flexibility index (Phi) is 6.15. The molecule has 0 bridgehead atoms. The average molecular weight is 545 g/mol. The number of nitro benzene ring substituents is 1. The van der Waals surface area contributed by atoms with E-state index in [4.69, 9.17) is 23.2 Å². The van der Waals surface area contributed by atoms with Gasteiger partial charge in [0, 0.05) is 48.8 Å². The highest BCUT2D eigenvalue weighted by Crippen LogP contribution is 2.40. The van der Waals surface area contributed by atoms with Gasteiger partial charge in [0.2, 0.25) is 0 Å². The molecule has 2 atom stereocenters.